The molecule has 5 nitrogen and oxygen atoms in total. The van der Waals surface area contributed by atoms with Crippen molar-refractivity contribution < 1.29 is 19.0 Å². The first-order valence-electron chi connectivity index (χ1n) is 8.21. The molecule has 1 N–H and O–H groups in total. The molecule has 0 aliphatic heterocycles. The quantitative estimate of drug-likeness (QED) is 0.800. The standard InChI is InChI=1S/C20H25NO4/c1-14-5-6-15(2)18(11-14)25-13-20(22)21-10-9-16-7-8-17(23-3)19(12-16)24-4/h5-8,11-12H,9-10,13H2,1-4H3,(H,21,22). The Balaban J connectivity index is 1.79. The number of hydrogen-bond acceptors (Lipinski definition) is 4. The minimum atomic E-state index is -0.138. The lowest BCUT2D eigenvalue weighted by atomic mass is 10.1. The average molecular weight is 343 g/mol. The Kier molecular flexibility index (Phi) is 6.69. The minimum Gasteiger partial charge on any atom is -0.493 e. The fraction of sp³-hybridized carbons (Fsp3) is 0.350. The minimum absolute atomic E-state index is 0.0101. The number of methoxy groups -OCH3 is 2. The van der Waals surface area contributed by atoms with E-state index in [1.165, 1.54) is 0 Å². The maximum atomic E-state index is 11.9. The summed E-state index contributed by atoms with van der Waals surface area (Å²) in [7, 11) is 3.21. The van der Waals surface area contributed by atoms with E-state index in [4.69, 9.17) is 14.2 Å². The van der Waals surface area contributed by atoms with Crippen molar-refractivity contribution in [1.82, 2.24) is 5.32 Å². The van der Waals surface area contributed by atoms with Crippen molar-refractivity contribution in [1.29, 1.82) is 0 Å². The van der Waals surface area contributed by atoms with Gasteiger partial charge in [-0.15, -0.1) is 0 Å². The normalized spacial score (nSPS) is 10.2. The number of hydrogen-bond donors (Lipinski definition) is 1. The van der Waals surface area contributed by atoms with Crippen LogP contribution in [0, 0.1) is 13.8 Å². The van der Waals surface area contributed by atoms with Crippen LogP contribution in [0.4, 0.5) is 0 Å². The van der Waals surface area contributed by atoms with Crippen molar-refractivity contribution in [2.24, 2.45) is 0 Å². The Hall–Kier alpha value is -2.69. The second-order valence-electron chi connectivity index (χ2n) is 5.85. The lowest BCUT2D eigenvalue weighted by Gasteiger charge is -2.11. The van der Waals surface area contributed by atoms with Gasteiger partial charge in [-0.1, -0.05) is 18.2 Å². The first kappa shape index (κ1) is 18.6. The third kappa shape index (κ3) is 5.41. The Labute approximate surface area is 148 Å². The molecule has 0 heterocycles. The van der Waals surface area contributed by atoms with E-state index >= 15 is 0 Å². The fourth-order valence-electron chi connectivity index (χ4n) is 2.44. The van der Waals surface area contributed by atoms with E-state index in [0.29, 0.717) is 24.5 Å². The summed E-state index contributed by atoms with van der Waals surface area (Å²) in [6.07, 6.45) is 0.704. The summed E-state index contributed by atoms with van der Waals surface area (Å²) >= 11 is 0. The summed E-state index contributed by atoms with van der Waals surface area (Å²) in [5.74, 6) is 1.98. The molecule has 2 aromatic rings. The molecule has 25 heavy (non-hydrogen) atoms. The average Bonchev–Trinajstić information content (AvgIpc) is 2.62. The van der Waals surface area contributed by atoms with Gasteiger partial charge in [0.25, 0.3) is 5.91 Å². The topological polar surface area (TPSA) is 56.8 Å². The maximum absolute atomic E-state index is 11.9. The highest BCUT2D eigenvalue weighted by molar-refractivity contribution is 5.77. The van der Waals surface area contributed by atoms with E-state index < -0.39 is 0 Å². The first-order chi connectivity index (χ1) is 12.0. The van der Waals surface area contributed by atoms with Crippen molar-refractivity contribution in [2.45, 2.75) is 20.3 Å². The Morgan fingerprint density at radius 1 is 0.960 bits per heavy atom. The monoisotopic (exact) mass is 343 g/mol. The molecule has 2 rings (SSSR count). The van der Waals surface area contributed by atoms with Crippen LogP contribution < -0.4 is 19.5 Å². The molecule has 0 aromatic heterocycles. The van der Waals surface area contributed by atoms with Gasteiger partial charge >= 0.3 is 0 Å². The molecule has 0 fully saturated rings. The summed E-state index contributed by atoms with van der Waals surface area (Å²) in [4.78, 5) is 11.9. The zero-order valence-corrected chi connectivity index (χ0v) is 15.2. The number of carbonyl (C=O) groups is 1. The second-order valence-corrected chi connectivity index (χ2v) is 5.85. The molecule has 0 aliphatic rings. The number of nitrogens with one attached hydrogen (secondary N) is 1. The van der Waals surface area contributed by atoms with Crippen molar-refractivity contribution in [3.8, 4) is 17.2 Å². The second kappa shape index (κ2) is 8.97. The van der Waals surface area contributed by atoms with Gasteiger partial charge < -0.3 is 19.5 Å². The van der Waals surface area contributed by atoms with E-state index in [-0.39, 0.29) is 12.5 Å². The van der Waals surface area contributed by atoms with Gasteiger partial charge in [-0.3, -0.25) is 4.79 Å². The number of rotatable bonds is 8. The molecular weight excluding hydrogens is 318 g/mol. The number of aryl methyl sites for hydroxylation is 2. The third-order valence-electron chi connectivity index (χ3n) is 3.89. The van der Waals surface area contributed by atoms with Gasteiger partial charge in [0.1, 0.15) is 5.75 Å². The zero-order chi connectivity index (χ0) is 18.2. The highest BCUT2D eigenvalue weighted by atomic mass is 16.5. The Bertz CT molecular complexity index is 728. The summed E-state index contributed by atoms with van der Waals surface area (Å²) in [5, 5.41) is 2.87. The molecule has 5 heteroatoms. The van der Waals surface area contributed by atoms with Crippen molar-refractivity contribution >= 4 is 5.91 Å². The molecule has 0 atom stereocenters. The summed E-state index contributed by atoms with van der Waals surface area (Å²) in [6, 6.07) is 11.7. The summed E-state index contributed by atoms with van der Waals surface area (Å²) in [5.41, 5.74) is 3.19. The third-order valence-corrected chi connectivity index (χ3v) is 3.89. The van der Waals surface area contributed by atoms with Gasteiger partial charge in [0.15, 0.2) is 18.1 Å². The lowest BCUT2D eigenvalue weighted by molar-refractivity contribution is -0.123. The van der Waals surface area contributed by atoms with E-state index in [2.05, 4.69) is 5.32 Å². The van der Waals surface area contributed by atoms with Crippen LogP contribution in [0.5, 0.6) is 17.2 Å². The van der Waals surface area contributed by atoms with Crippen molar-refractivity contribution in [2.75, 3.05) is 27.4 Å². The van der Waals surface area contributed by atoms with Gasteiger partial charge in [-0.2, -0.15) is 0 Å². The van der Waals surface area contributed by atoms with Crippen LogP contribution in [0.1, 0.15) is 16.7 Å². The molecule has 0 aliphatic carbocycles. The van der Waals surface area contributed by atoms with Crippen LogP contribution in [0.3, 0.4) is 0 Å². The van der Waals surface area contributed by atoms with Gasteiger partial charge in [0, 0.05) is 6.54 Å². The van der Waals surface area contributed by atoms with Crippen LogP contribution >= 0.6 is 0 Å². The van der Waals surface area contributed by atoms with E-state index in [9.17, 15) is 4.79 Å². The molecule has 1 amide bonds. The van der Waals surface area contributed by atoms with Gasteiger partial charge in [-0.05, 0) is 55.2 Å². The first-order valence-corrected chi connectivity index (χ1v) is 8.21. The Morgan fingerprint density at radius 3 is 2.44 bits per heavy atom. The number of carbonyl (C=O) groups excluding carboxylic acids is 1. The fourth-order valence-corrected chi connectivity index (χ4v) is 2.44. The number of amides is 1. The predicted molar refractivity (Wildman–Crippen MR) is 97.7 cm³/mol. The van der Waals surface area contributed by atoms with Gasteiger partial charge in [0.2, 0.25) is 0 Å². The highest BCUT2D eigenvalue weighted by Gasteiger charge is 2.07. The van der Waals surface area contributed by atoms with Crippen LogP contribution in [0.15, 0.2) is 36.4 Å². The molecular formula is C20H25NO4. The molecule has 0 radical (unpaired) electrons. The van der Waals surface area contributed by atoms with Crippen molar-refractivity contribution in [3.63, 3.8) is 0 Å². The SMILES string of the molecule is COc1ccc(CCNC(=O)COc2cc(C)ccc2C)cc1OC. The molecule has 0 spiro atoms. The zero-order valence-electron chi connectivity index (χ0n) is 15.2. The summed E-state index contributed by atoms with van der Waals surface area (Å²) in [6.45, 7) is 4.50. The van der Waals surface area contributed by atoms with Crippen LogP contribution in [0.2, 0.25) is 0 Å². The molecule has 0 saturated carbocycles. The summed E-state index contributed by atoms with van der Waals surface area (Å²) < 4.78 is 16.1. The van der Waals surface area contributed by atoms with E-state index in [1.807, 2.05) is 50.2 Å². The molecule has 0 saturated heterocycles. The van der Waals surface area contributed by atoms with Crippen LogP contribution in [-0.4, -0.2) is 33.3 Å². The molecule has 0 bridgehead atoms. The molecule has 2 aromatic carbocycles. The lowest BCUT2D eigenvalue weighted by Crippen LogP contribution is -2.30. The van der Waals surface area contributed by atoms with Gasteiger partial charge in [0.05, 0.1) is 14.2 Å². The van der Waals surface area contributed by atoms with Crippen molar-refractivity contribution in [3.05, 3.63) is 53.1 Å². The largest absolute Gasteiger partial charge is 0.493 e. The predicted octanol–water partition coefficient (Wildman–Crippen LogP) is 3.06. The molecule has 0 unspecified atom stereocenters. The van der Waals surface area contributed by atoms with E-state index in [0.717, 1.165) is 22.4 Å². The van der Waals surface area contributed by atoms with E-state index in [1.54, 1.807) is 14.2 Å². The van der Waals surface area contributed by atoms with Gasteiger partial charge in [-0.25, -0.2) is 0 Å². The highest BCUT2D eigenvalue weighted by Crippen LogP contribution is 2.27. The van der Waals surface area contributed by atoms with Crippen LogP contribution in [0.25, 0.3) is 0 Å². The maximum Gasteiger partial charge on any atom is 0.257 e. The Morgan fingerprint density at radius 2 is 1.72 bits per heavy atom. The molecule has 134 valence electrons. The number of ether oxygens (including phenoxy) is 3. The number of benzene rings is 2. The smallest absolute Gasteiger partial charge is 0.257 e. The van der Waals surface area contributed by atoms with Crippen LogP contribution in [-0.2, 0) is 11.2 Å².